The highest BCUT2D eigenvalue weighted by Gasteiger charge is 2.05. The highest BCUT2D eigenvalue weighted by atomic mass is 16.5. The van der Waals surface area contributed by atoms with E-state index in [1.54, 1.807) is 12.1 Å². The molecule has 0 N–H and O–H groups in total. The van der Waals surface area contributed by atoms with Gasteiger partial charge in [0.25, 0.3) is 0 Å². The van der Waals surface area contributed by atoms with E-state index in [2.05, 4.69) is 24.3 Å². The second kappa shape index (κ2) is 11.7. The van der Waals surface area contributed by atoms with Crippen molar-refractivity contribution in [2.75, 3.05) is 13.2 Å². The molecular weight excluding hydrogens is 360 g/mol. The van der Waals surface area contributed by atoms with Crippen molar-refractivity contribution < 1.29 is 14.3 Å². The predicted octanol–water partition coefficient (Wildman–Crippen LogP) is 6.54. The number of hydrogen-bond donors (Lipinski definition) is 0. The molecule has 0 spiro atoms. The number of carbonyl (C=O) groups excluding carboxylic acids is 1. The Morgan fingerprint density at radius 1 is 0.586 bits per heavy atom. The maximum Gasteiger partial charge on any atom is 0.338 e. The first-order valence-electron chi connectivity index (χ1n) is 10.3. The maximum absolute atomic E-state index is 11.8. The van der Waals surface area contributed by atoms with Crippen LogP contribution in [0.2, 0.25) is 0 Å². The van der Waals surface area contributed by atoms with Crippen LogP contribution in [0.25, 0.3) is 11.1 Å². The van der Waals surface area contributed by atoms with E-state index in [0.717, 1.165) is 44.5 Å². The number of rotatable bonds is 11. The fourth-order valence-electron chi connectivity index (χ4n) is 3.12. The topological polar surface area (TPSA) is 35.5 Å². The summed E-state index contributed by atoms with van der Waals surface area (Å²) in [6.45, 7) is 1.21. The molecule has 3 heteroatoms. The van der Waals surface area contributed by atoms with Crippen molar-refractivity contribution in [2.24, 2.45) is 0 Å². The minimum Gasteiger partial charge on any atom is -0.494 e. The first kappa shape index (κ1) is 20.7. The Labute approximate surface area is 173 Å². The lowest BCUT2D eigenvalue weighted by atomic mass is 10.1. The smallest absolute Gasteiger partial charge is 0.338 e. The van der Waals surface area contributed by atoms with Crippen LogP contribution >= 0.6 is 0 Å². The summed E-state index contributed by atoms with van der Waals surface area (Å²) in [5.41, 5.74) is 3.03. The number of carbonyl (C=O) groups is 1. The first-order valence-corrected chi connectivity index (χ1v) is 10.3. The van der Waals surface area contributed by atoms with Crippen molar-refractivity contribution in [3.8, 4) is 16.9 Å². The number of esters is 1. The van der Waals surface area contributed by atoms with Crippen LogP contribution in [-0.2, 0) is 4.74 Å². The Hall–Kier alpha value is -3.07. The molecule has 0 bridgehead atoms. The van der Waals surface area contributed by atoms with Crippen LogP contribution in [0.4, 0.5) is 0 Å². The van der Waals surface area contributed by atoms with Gasteiger partial charge in [-0.25, -0.2) is 4.79 Å². The lowest BCUT2D eigenvalue weighted by molar-refractivity contribution is 0.0497. The third-order valence-electron chi connectivity index (χ3n) is 4.76. The van der Waals surface area contributed by atoms with Crippen LogP contribution in [0.1, 0.15) is 42.5 Å². The van der Waals surface area contributed by atoms with Gasteiger partial charge in [0.2, 0.25) is 0 Å². The van der Waals surface area contributed by atoms with Crippen LogP contribution in [0, 0.1) is 0 Å². The molecule has 0 fully saturated rings. The van der Waals surface area contributed by atoms with E-state index in [0.29, 0.717) is 12.2 Å². The summed E-state index contributed by atoms with van der Waals surface area (Å²) in [5.74, 6) is 0.676. The van der Waals surface area contributed by atoms with Gasteiger partial charge >= 0.3 is 5.97 Å². The molecule has 0 heterocycles. The molecule has 0 saturated heterocycles. The lowest BCUT2D eigenvalue weighted by Crippen LogP contribution is -2.06. The average molecular weight is 389 g/mol. The van der Waals surface area contributed by atoms with Crippen LogP contribution in [0.5, 0.6) is 5.75 Å². The minimum atomic E-state index is -0.239. The van der Waals surface area contributed by atoms with Crippen molar-refractivity contribution >= 4 is 5.97 Å². The molecule has 3 nitrogen and oxygen atoms in total. The molecule has 0 unspecified atom stereocenters. The summed E-state index contributed by atoms with van der Waals surface area (Å²) in [6, 6.07) is 27.7. The summed E-state index contributed by atoms with van der Waals surface area (Å²) < 4.78 is 11.1. The van der Waals surface area contributed by atoms with Gasteiger partial charge in [0.1, 0.15) is 5.75 Å². The van der Waals surface area contributed by atoms with Gasteiger partial charge in [-0.2, -0.15) is 0 Å². The van der Waals surface area contributed by atoms with Crippen LogP contribution in [0.3, 0.4) is 0 Å². The van der Waals surface area contributed by atoms with Gasteiger partial charge < -0.3 is 9.47 Å². The van der Waals surface area contributed by atoms with Gasteiger partial charge in [0, 0.05) is 0 Å². The zero-order valence-corrected chi connectivity index (χ0v) is 16.8. The van der Waals surface area contributed by atoms with Crippen LogP contribution in [0.15, 0.2) is 84.9 Å². The van der Waals surface area contributed by atoms with Crippen molar-refractivity contribution in [2.45, 2.75) is 32.1 Å². The van der Waals surface area contributed by atoms with Gasteiger partial charge in [0.15, 0.2) is 0 Å². The number of benzene rings is 3. The van der Waals surface area contributed by atoms with E-state index in [1.165, 1.54) is 11.1 Å². The Kier molecular flexibility index (Phi) is 8.34. The molecule has 0 aliphatic carbocycles. The molecule has 0 atom stereocenters. The summed E-state index contributed by atoms with van der Waals surface area (Å²) in [5, 5.41) is 0. The molecule has 0 aliphatic heterocycles. The average Bonchev–Trinajstić information content (AvgIpc) is 2.79. The van der Waals surface area contributed by atoms with E-state index in [4.69, 9.17) is 9.47 Å². The second-order valence-corrected chi connectivity index (χ2v) is 7.01. The quantitative estimate of drug-likeness (QED) is 0.276. The Morgan fingerprint density at radius 3 is 1.83 bits per heavy atom. The van der Waals surface area contributed by atoms with Gasteiger partial charge in [-0.15, -0.1) is 0 Å². The van der Waals surface area contributed by atoms with E-state index in [-0.39, 0.29) is 5.97 Å². The van der Waals surface area contributed by atoms with Gasteiger partial charge in [0.05, 0.1) is 18.8 Å². The molecule has 0 aliphatic rings. The molecule has 150 valence electrons. The fourth-order valence-corrected chi connectivity index (χ4v) is 3.12. The summed E-state index contributed by atoms with van der Waals surface area (Å²) in [7, 11) is 0. The minimum absolute atomic E-state index is 0.239. The second-order valence-electron chi connectivity index (χ2n) is 7.01. The molecule has 0 aromatic heterocycles. The van der Waals surface area contributed by atoms with Gasteiger partial charge in [-0.3, -0.25) is 0 Å². The predicted molar refractivity (Wildman–Crippen MR) is 117 cm³/mol. The number of hydrogen-bond acceptors (Lipinski definition) is 3. The first-order chi connectivity index (χ1) is 14.3. The number of ether oxygens (including phenoxy) is 2. The molecule has 3 aromatic rings. The van der Waals surface area contributed by atoms with Crippen LogP contribution < -0.4 is 4.74 Å². The molecule has 3 rings (SSSR count). The van der Waals surface area contributed by atoms with E-state index < -0.39 is 0 Å². The van der Waals surface area contributed by atoms with Crippen molar-refractivity contribution in [3.05, 3.63) is 90.5 Å². The standard InChI is InChI=1S/C26H28O3/c27-26(24-14-8-5-9-15-24)29-21-11-3-1-2-10-20-28-25-18-16-23(17-19-25)22-12-6-4-7-13-22/h4-9,12-19H,1-3,10-11,20-21H2. The van der Waals surface area contributed by atoms with Gasteiger partial charge in [-0.1, -0.05) is 79.9 Å². The van der Waals surface area contributed by atoms with E-state index >= 15 is 0 Å². The monoisotopic (exact) mass is 388 g/mol. The SMILES string of the molecule is O=C(OCCCCCCCOc1ccc(-c2ccccc2)cc1)c1ccccc1. The highest BCUT2D eigenvalue weighted by molar-refractivity contribution is 5.89. The van der Waals surface area contributed by atoms with E-state index in [9.17, 15) is 4.79 Å². The molecule has 29 heavy (non-hydrogen) atoms. The number of unbranched alkanes of at least 4 members (excludes halogenated alkanes) is 4. The molecule has 0 saturated carbocycles. The van der Waals surface area contributed by atoms with E-state index in [1.807, 2.05) is 48.5 Å². The van der Waals surface area contributed by atoms with Crippen molar-refractivity contribution in [3.63, 3.8) is 0 Å². The zero-order chi connectivity index (χ0) is 20.2. The Morgan fingerprint density at radius 2 is 1.14 bits per heavy atom. The largest absolute Gasteiger partial charge is 0.494 e. The van der Waals surface area contributed by atoms with Crippen molar-refractivity contribution in [1.82, 2.24) is 0 Å². The Balaban J connectivity index is 1.22. The third-order valence-corrected chi connectivity index (χ3v) is 4.76. The normalized spacial score (nSPS) is 10.5. The fraction of sp³-hybridized carbons (Fsp3) is 0.269. The summed E-state index contributed by atoms with van der Waals surface area (Å²) in [6.07, 6.45) is 5.24. The molecule has 0 radical (unpaired) electrons. The van der Waals surface area contributed by atoms with Crippen LogP contribution in [-0.4, -0.2) is 19.2 Å². The molecule has 3 aromatic carbocycles. The highest BCUT2D eigenvalue weighted by Crippen LogP contribution is 2.22. The third kappa shape index (κ3) is 7.11. The maximum atomic E-state index is 11.8. The summed E-state index contributed by atoms with van der Waals surface area (Å²) in [4.78, 5) is 11.8. The Bertz CT molecular complexity index is 842. The van der Waals surface area contributed by atoms with Crippen molar-refractivity contribution in [1.29, 1.82) is 0 Å². The molecular formula is C26H28O3. The summed E-state index contributed by atoms with van der Waals surface area (Å²) >= 11 is 0. The zero-order valence-electron chi connectivity index (χ0n) is 16.8. The lowest BCUT2D eigenvalue weighted by Gasteiger charge is -2.08. The molecule has 0 amide bonds. The van der Waals surface area contributed by atoms with Gasteiger partial charge in [-0.05, 0) is 48.2 Å².